The first kappa shape index (κ1) is 13.9. The number of carbonyl (C=O) groups excluding carboxylic acids is 1. The van der Waals surface area contributed by atoms with Crippen molar-refractivity contribution in [2.75, 3.05) is 30.1 Å². The van der Waals surface area contributed by atoms with Gasteiger partial charge in [-0.1, -0.05) is 26.0 Å². The van der Waals surface area contributed by atoms with E-state index in [0.717, 1.165) is 11.4 Å². The van der Waals surface area contributed by atoms with E-state index in [0.29, 0.717) is 11.0 Å². The molecule has 1 amide bonds. The second kappa shape index (κ2) is 6.55. The Morgan fingerprint density at radius 2 is 2.00 bits per heavy atom. The lowest BCUT2D eigenvalue weighted by Gasteiger charge is -2.17. The lowest BCUT2D eigenvalue weighted by atomic mass is 10.2. The van der Waals surface area contributed by atoms with Gasteiger partial charge in [0, 0.05) is 14.1 Å². The van der Waals surface area contributed by atoms with Crippen molar-refractivity contribution in [2.45, 2.75) is 19.1 Å². The van der Waals surface area contributed by atoms with E-state index in [9.17, 15) is 4.79 Å². The van der Waals surface area contributed by atoms with E-state index in [4.69, 9.17) is 0 Å². The SMILES string of the molecule is CC(C)SCC(=O)Nc1ccccc1N(C)C. The largest absolute Gasteiger partial charge is 0.376 e. The van der Waals surface area contributed by atoms with Crippen molar-refractivity contribution in [1.29, 1.82) is 0 Å². The van der Waals surface area contributed by atoms with Crippen LogP contribution in [0, 0.1) is 0 Å². The number of amides is 1. The summed E-state index contributed by atoms with van der Waals surface area (Å²) in [7, 11) is 3.93. The van der Waals surface area contributed by atoms with Crippen molar-refractivity contribution in [3.8, 4) is 0 Å². The maximum atomic E-state index is 11.7. The first-order valence-corrected chi connectivity index (χ1v) is 6.73. The molecule has 1 aromatic rings. The van der Waals surface area contributed by atoms with Crippen LogP contribution in [0.1, 0.15) is 13.8 Å². The second-order valence-corrected chi connectivity index (χ2v) is 5.88. The summed E-state index contributed by atoms with van der Waals surface area (Å²) in [5.74, 6) is 0.553. The third-order valence-corrected chi connectivity index (χ3v) is 3.30. The molecular formula is C13H20N2OS. The van der Waals surface area contributed by atoms with Gasteiger partial charge < -0.3 is 10.2 Å². The second-order valence-electron chi connectivity index (χ2n) is 4.32. The molecule has 0 spiro atoms. The minimum atomic E-state index is 0.0537. The molecule has 0 heterocycles. The van der Waals surface area contributed by atoms with Crippen LogP contribution in [-0.2, 0) is 4.79 Å². The maximum absolute atomic E-state index is 11.7. The number of rotatable bonds is 5. The average Bonchev–Trinajstić information content (AvgIpc) is 2.27. The first-order chi connectivity index (χ1) is 8.00. The van der Waals surface area contributed by atoms with Gasteiger partial charge in [-0.3, -0.25) is 4.79 Å². The molecule has 0 aliphatic heterocycles. The van der Waals surface area contributed by atoms with Crippen molar-refractivity contribution in [3.05, 3.63) is 24.3 Å². The summed E-state index contributed by atoms with van der Waals surface area (Å²) >= 11 is 1.65. The summed E-state index contributed by atoms with van der Waals surface area (Å²) in [5.41, 5.74) is 1.89. The van der Waals surface area contributed by atoms with Crippen molar-refractivity contribution < 1.29 is 4.79 Å². The Morgan fingerprint density at radius 3 is 2.59 bits per heavy atom. The zero-order valence-electron chi connectivity index (χ0n) is 10.9. The molecule has 0 unspecified atom stereocenters. The maximum Gasteiger partial charge on any atom is 0.234 e. The number of anilines is 2. The summed E-state index contributed by atoms with van der Waals surface area (Å²) in [6, 6.07) is 7.81. The van der Waals surface area contributed by atoms with Crippen LogP contribution in [0.4, 0.5) is 11.4 Å². The van der Waals surface area contributed by atoms with Crippen molar-refractivity contribution in [3.63, 3.8) is 0 Å². The quantitative estimate of drug-likeness (QED) is 0.874. The monoisotopic (exact) mass is 252 g/mol. The van der Waals surface area contributed by atoms with E-state index in [1.807, 2.05) is 43.3 Å². The number of para-hydroxylation sites is 2. The molecule has 0 saturated carbocycles. The molecule has 17 heavy (non-hydrogen) atoms. The molecule has 0 aliphatic rings. The number of benzene rings is 1. The van der Waals surface area contributed by atoms with E-state index >= 15 is 0 Å². The first-order valence-electron chi connectivity index (χ1n) is 5.68. The molecule has 0 saturated heterocycles. The molecule has 0 bridgehead atoms. The highest BCUT2D eigenvalue weighted by Crippen LogP contribution is 2.23. The van der Waals surface area contributed by atoms with E-state index in [2.05, 4.69) is 19.2 Å². The molecule has 3 nitrogen and oxygen atoms in total. The molecule has 0 atom stereocenters. The van der Waals surface area contributed by atoms with Crippen LogP contribution in [0.3, 0.4) is 0 Å². The Bertz CT molecular complexity index is 377. The lowest BCUT2D eigenvalue weighted by molar-refractivity contribution is -0.113. The average molecular weight is 252 g/mol. The number of thioether (sulfide) groups is 1. The number of hydrogen-bond donors (Lipinski definition) is 1. The Hall–Kier alpha value is -1.16. The van der Waals surface area contributed by atoms with E-state index in [1.54, 1.807) is 11.8 Å². The van der Waals surface area contributed by atoms with E-state index in [1.165, 1.54) is 0 Å². The van der Waals surface area contributed by atoms with Gasteiger partial charge in [-0.05, 0) is 17.4 Å². The highest BCUT2D eigenvalue weighted by atomic mass is 32.2. The van der Waals surface area contributed by atoms with Gasteiger partial charge in [-0.25, -0.2) is 0 Å². The molecule has 1 N–H and O–H groups in total. The Balaban J connectivity index is 2.65. The predicted molar refractivity (Wildman–Crippen MR) is 77.0 cm³/mol. The van der Waals surface area contributed by atoms with Crippen LogP contribution < -0.4 is 10.2 Å². The zero-order chi connectivity index (χ0) is 12.8. The molecule has 4 heteroatoms. The highest BCUT2D eigenvalue weighted by molar-refractivity contribution is 8.00. The molecule has 94 valence electrons. The van der Waals surface area contributed by atoms with Crippen LogP contribution in [-0.4, -0.2) is 31.0 Å². The third-order valence-electron chi connectivity index (χ3n) is 2.21. The fourth-order valence-electron chi connectivity index (χ4n) is 1.40. The van der Waals surface area contributed by atoms with Crippen molar-refractivity contribution >= 4 is 29.0 Å². The van der Waals surface area contributed by atoms with E-state index in [-0.39, 0.29) is 5.91 Å². The normalized spacial score (nSPS) is 10.4. The molecule has 0 aliphatic carbocycles. The molecule has 0 fully saturated rings. The summed E-state index contributed by atoms with van der Waals surface area (Å²) < 4.78 is 0. The van der Waals surface area contributed by atoms with Crippen LogP contribution in [0.25, 0.3) is 0 Å². The van der Waals surface area contributed by atoms with Gasteiger partial charge in [-0.15, -0.1) is 11.8 Å². The van der Waals surface area contributed by atoms with Crippen LogP contribution in [0.15, 0.2) is 24.3 Å². The van der Waals surface area contributed by atoms with Crippen LogP contribution in [0.5, 0.6) is 0 Å². The highest BCUT2D eigenvalue weighted by Gasteiger charge is 2.08. The minimum Gasteiger partial charge on any atom is -0.376 e. The smallest absolute Gasteiger partial charge is 0.234 e. The van der Waals surface area contributed by atoms with Gasteiger partial charge >= 0.3 is 0 Å². The zero-order valence-corrected chi connectivity index (χ0v) is 11.7. The Morgan fingerprint density at radius 1 is 1.35 bits per heavy atom. The molecule has 0 radical (unpaired) electrons. The van der Waals surface area contributed by atoms with Gasteiger partial charge in [0.1, 0.15) is 0 Å². The van der Waals surface area contributed by atoms with Gasteiger partial charge in [0.15, 0.2) is 0 Å². The predicted octanol–water partition coefficient (Wildman–Crippen LogP) is 2.83. The van der Waals surface area contributed by atoms with Gasteiger partial charge in [0.25, 0.3) is 0 Å². The van der Waals surface area contributed by atoms with E-state index < -0.39 is 0 Å². The fourth-order valence-corrected chi connectivity index (χ4v) is 1.95. The number of nitrogens with zero attached hydrogens (tertiary/aromatic N) is 1. The third kappa shape index (κ3) is 4.69. The summed E-state index contributed by atoms with van der Waals surface area (Å²) in [5, 5.41) is 3.42. The Kier molecular flexibility index (Phi) is 5.35. The lowest BCUT2D eigenvalue weighted by Crippen LogP contribution is -2.18. The van der Waals surface area contributed by atoms with Gasteiger partial charge in [-0.2, -0.15) is 0 Å². The van der Waals surface area contributed by atoms with Gasteiger partial charge in [0.05, 0.1) is 17.1 Å². The van der Waals surface area contributed by atoms with Crippen LogP contribution >= 0.6 is 11.8 Å². The number of nitrogens with one attached hydrogen (secondary N) is 1. The van der Waals surface area contributed by atoms with Crippen molar-refractivity contribution in [2.24, 2.45) is 0 Å². The summed E-state index contributed by atoms with van der Waals surface area (Å²) in [6.07, 6.45) is 0. The van der Waals surface area contributed by atoms with Crippen molar-refractivity contribution in [1.82, 2.24) is 0 Å². The summed E-state index contributed by atoms with van der Waals surface area (Å²) in [6.45, 7) is 4.18. The fraction of sp³-hybridized carbons (Fsp3) is 0.462. The molecule has 0 aromatic heterocycles. The topological polar surface area (TPSA) is 32.3 Å². The van der Waals surface area contributed by atoms with Crippen LogP contribution in [0.2, 0.25) is 0 Å². The minimum absolute atomic E-state index is 0.0537. The number of hydrogen-bond acceptors (Lipinski definition) is 3. The Labute approximate surface area is 108 Å². The summed E-state index contributed by atoms with van der Waals surface area (Å²) in [4.78, 5) is 13.7. The molecule has 1 aromatic carbocycles. The molecule has 1 rings (SSSR count). The standard InChI is InChI=1S/C13H20N2OS/c1-10(2)17-9-13(16)14-11-7-5-6-8-12(11)15(3)4/h5-8,10H,9H2,1-4H3,(H,14,16). The van der Waals surface area contributed by atoms with Gasteiger partial charge in [0.2, 0.25) is 5.91 Å². The number of carbonyl (C=O) groups is 1. The molecular weight excluding hydrogens is 232 g/mol.